The topological polar surface area (TPSA) is 58.6 Å². The highest BCUT2D eigenvalue weighted by Crippen LogP contribution is 2.46. The summed E-state index contributed by atoms with van der Waals surface area (Å²) in [7, 11) is 0. The van der Waals surface area contributed by atoms with Crippen LogP contribution in [-0.4, -0.2) is 41.9 Å². The van der Waals surface area contributed by atoms with Gasteiger partial charge in [0, 0.05) is 55.4 Å². The minimum absolute atomic E-state index is 0.00294. The van der Waals surface area contributed by atoms with E-state index in [0.29, 0.717) is 42.6 Å². The number of amides is 2. The largest absolute Gasteiger partial charge is 0.487 e. The number of ether oxygens (including phenoxy) is 1. The molecule has 1 saturated heterocycles. The summed E-state index contributed by atoms with van der Waals surface area (Å²) in [6, 6.07) is 15.1. The third-order valence-corrected chi connectivity index (χ3v) is 6.71. The molecule has 1 spiro atoms. The molecule has 0 radical (unpaired) electrons. The summed E-state index contributed by atoms with van der Waals surface area (Å²) >= 11 is 6.07. The Hall–Kier alpha value is -2.53. The molecule has 1 N–H and O–H groups in total. The van der Waals surface area contributed by atoms with Crippen molar-refractivity contribution in [2.24, 2.45) is 5.92 Å². The second kappa shape index (κ2) is 9.53. The van der Waals surface area contributed by atoms with E-state index in [1.807, 2.05) is 23.1 Å². The van der Waals surface area contributed by atoms with Gasteiger partial charge in [-0.3, -0.25) is 9.59 Å². The second-order valence-corrected chi connectivity index (χ2v) is 9.86. The lowest BCUT2D eigenvalue weighted by Crippen LogP contribution is -2.52. The van der Waals surface area contributed by atoms with Crippen molar-refractivity contribution in [3.63, 3.8) is 0 Å². The van der Waals surface area contributed by atoms with E-state index in [1.54, 1.807) is 24.3 Å². The fraction of sp³-hybridized carbons (Fsp3) is 0.462. The maximum absolute atomic E-state index is 12.9. The number of rotatable bonds is 5. The minimum atomic E-state index is -0.345. The van der Waals surface area contributed by atoms with Crippen molar-refractivity contribution in [1.29, 1.82) is 0 Å². The molecule has 0 aromatic heterocycles. The van der Waals surface area contributed by atoms with Gasteiger partial charge in [0.05, 0.1) is 0 Å². The standard InChI is InChI=1S/C26H31ClN2O3/c1-18(2)17-28-24(30)15-20-16-26(32-23-9-4-3-8-22(20)23)10-12-29(13-11-26)25(31)19-6-5-7-21(27)14-19/h3-9,14,18,20H,10-13,15-17H2,1-2H3,(H,28,30). The third-order valence-electron chi connectivity index (χ3n) is 6.48. The quantitative estimate of drug-likeness (QED) is 0.688. The zero-order chi connectivity index (χ0) is 22.7. The molecule has 170 valence electrons. The highest BCUT2D eigenvalue weighted by molar-refractivity contribution is 6.30. The summed E-state index contributed by atoms with van der Waals surface area (Å²) < 4.78 is 6.53. The van der Waals surface area contributed by atoms with E-state index in [2.05, 4.69) is 25.2 Å². The molecule has 6 heteroatoms. The summed E-state index contributed by atoms with van der Waals surface area (Å²) in [6.07, 6.45) is 2.74. The van der Waals surface area contributed by atoms with Gasteiger partial charge in [0.2, 0.25) is 5.91 Å². The molecule has 32 heavy (non-hydrogen) atoms. The van der Waals surface area contributed by atoms with Gasteiger partial charge in [-0.25, -0.2) is 0 Å². The van der Waals surface area contributed by atoms with Gasteiger partial charge < -0.3 is 15.0 Å². The Morgan fingerprint density at radius 1 is 1.16 bits per heavy atom. The number of nitrogens with zero attached hydrogens (tertiary/aromatic N) is 1. The van der Waals surface area contributed by atoms with Crippen LogP contribution < -0.4 is 10.1 Å². The molecule has 2 aliphatic rings. The predicted octanol–water partition coefficient (Wildman–Crippen LogP) is 5.04. The first kappa shape index (κ1) is 22.7. The number of likely N-dealkylation sites (tertiary alicyclic amines) is 1. The monoisotopic (exact) mass is 454 g/mol. The first-order valence-corrected chi connectivity index (χ1v) is 11.8. The van der Waals surface area contributed by atoms with Crippen LogP contribution in [0.15, 0.2) is 48.5 Å². The number of fused-ring (bicyclic) bond motifs is 1. The zero-order valence-corrected chi connectivity index (χ0v) is 19.5. The van der Waals surface area contributed by atoms with Crippen LogP contribution in [0.2, 0.25) is 5.02 Å². The SMILES string of the molecule is CC(C)CNC(=O)CC1CC2(CCN(C(=O)c3cccc(Cl)c3)CC2)Oc2ccccc21. The third kappa shape index (κ3) is 5.09. The molecule has 0 aliphatic carbocycles. The van der Waals surface area contributed by atoms with E-state index in [9.17, 15) is 9.59 Å². The Balaban J connectivity index is 1.46. The smallest absolute Gasteiger partial charge is 0.253 e. The van der Waals surface area contributed by atoms with Crippen LogP contribution in [0.4, 0.5) is 0 Å². The van der Waals surface area contributed by atoms with Crippen LogP contribution in [0.3, 0.4) is 0 Å². The lowest BCUT2D eigenvalue weighted by Gasteiger charge is -2.47. The van der Waals surface area contributed by atoms with Gasteiger partial charge in [-0.1, -0.05) is 49.7 Å². The van der Waals surface area contributed by atoms with Crippen molar-refractivity contribution >= 4 is 23.4 Å². The predicted molar refractivity (Wildman–Crippen MR) is 126 cm³/mol. The van der Waals surface area contributed by atoms with E-state index < -0.39 is 0 Å². The van der Waals surface area contributed by atoms with E-state index in [0.717, 1.165) is 30.6 Å². The summed E-state index contributed by atoms with van der Waals surface area (Å²) in [5.74, 6) is 1.50. The molecule has 1 fully saturated rings. The molecule has 2 aromatic carbocycles. The summed E-state index contributed by atoms with van der Waals surface area (Å²) in [5.41, 5.74) is 1.38. The van der Waals surface area contributed by atoms with Crippen molar-refractivity contribution in [2.45, 2.75) is 51.0 Å². The summed E-state index contributed by atoms with van der Waals surface area (Å²) in [4.78, 5) is 27.4. The highest BCUT2D eigenvalue weighted by atomic mass is 35.5. The van der Waals surface area contributed by atoms with E-state index in [1.165, 1.54) is 0 Å². The Morgan fingerprint density at radius 3 is 2.62 bits per heavy atom. The normalized spacial score (nSPS) is 19.4. The van der Waals surface area contributed by atoms with Gasteiger partial charge in [-0.15, -0.1) is 0 Å². The van der Waals surface area contributed by atoms with Crippen LogP contribution in [0.25, 0.3) is 0 Å². The molecule has 1 unspecified atom stereocenters. The Bertz CT molecular complexity index is 983. The van der Waals surface area contributed by atoms with Crippen molar-refractivity contribution in [3.05, 3.63) is 64.7 Å². The molecule has 2 aliphatic heterocycles. The number of carbonyl (C=O) groups is 2. The Morgan fingerprint density at radius 2 is 1.91 bits per heavy atom. The lowest BCUT2D eigenvalue weighted by atomic mass is 9.76. The van der Waals surface area contributed by atoms with Gasteiger partial charge in [-0.2, -0.15) is 0 Å². The molecule has 0 saturated carbocycles. The average molecular weight is 455 g/mol. The number of para-hydroxylation sites is 1. The van der Waals surface area contributed by atoms with E-state index >= 15 is 0 Å². The molecule has 5 nitrogen and oxygen atoms in total. The number of nitrogens with one attached hydrogen (secondary N) is 1. The van der Waals surface area contributed by atoms with Gasteiger partial charge in [0.1, 0.15) is 11.4 Å². The van der Waals surface area contributed by atoms with E-state index in [4.69, 9.17) is 16.3 Å². The van der Waals surface area contributed by atoms with Crippen LogP contribution in [0, 0.1) is 5.92 Å². The lowest BCUT2D eigenvalue weighted by molar-refractivity contribution is -0.122. The molecule has 2 heterocycles. The molecule has 4 rings (SSSR count). The molecule has 2 aromatic rings. The average Bonchev–Trinajstić information content (AvgIpc) is 2.78. The maximum Gasteiger partial charge on any atom is 0.253 e. The fourth-order valence-electron chi connectivity index (χ4n) is 4.77. The second-order valence-electron chi connectivity index (χ2n) is 9.43. The Kier molecular flexibility index (Phi) is 6.75. The highest BCUT2D eigenvalue weighted by Gasteiger charge is 2.44. The molecular weight excluding hydrogens is 424 g/mol. The van der Waals surface area contributed by atoms with Crippen LogP contribution in [0.1, 0.15) is 61.4 Å². The number of hydrogen-bond donors (Lipinski definition) is 1. The van der Waals surface area contributed by atoms with Gasteiger partial charge >= 0.3 is 0 Å². The maximum atomic E-state index is 12.9. The molecule has 0 bridgehead atoms. The summed E-state index contributed by atoms with van der Waals surface area (Å²) in [6.45, 7) is 6.13. The Labute approximate surface area is 195 Å². The zero-order valence-electron chi connectivity index (χ0n) is 18.8. The molecule has 1 atom stereocenters. The summed E-state index contributed by atoms with van der Waals surface area (Å²) in [5, 5.41) is 3.62. The van der Waals surface area contributed by atoms with Crippen LogP contribution in [0.5, 0.6) is 5.75 Å². The number of hydrogen-bond acceptors (Lipinski definition) is 3. The van der Waals surface area contributed by atoms with Crippen molar-refractivity contribution in [3.8, 4) is 5.75 Å². The minimum Gasteiger partial charge on any atom is -0.487 e. The van der Waals surface area contributed by atoms with Crippen molar-refractivity contribution in [2.75, 3.05) is 19.6 Å². The van der Waals surface area contributed by atoms with Gasteiger partial charge in [0.25, 0.3) is 5.91 Å². The number of halogens is 1. The number of piperidine rings is 1. The molecular formula is C26H31ClN2O3. The molecule has 2 amide bonds. The van der Waals surface area contributed by atoms with Crippen molar-refractivity contribution in [1.82, 2.24) is 10.2 Å². The first-order valence-electron chi connectivity index (χ1n) is 11.4. The first-order chi connectivity index (χ1) is 15.3. The van der Waals surface area contributed by atoms with Gasteiger partial charge in [0.15, 0.2) is 0 Å². The number of benzene rings is 2. The van der Waals surface area contributed by atoms with E-state index in [-0.39, 0.29) is 23.3 Å². The van der Waals surface area contributed by atoms with Crippen molar-refractivity contribution < 1.29 is 14.3 Å². The van der Waals surface area contributed by atoms with Gasteiger partial charge in [-0.05, 0) is 42.2 Å². The number of carbonyl (C=O) groups excluding carboxylic acids is 2. The fourth-order valence-corrected chi connectivity index (χ4v) is 4.96. The van der Waals surface area contributed by atoms with Crippen LogP contribution in [-0.2, 0) is 4.79 Å². The van der Waals surface area contributed by atoms with Crippen LogP contribution >= 0.6 is 11.6 Å².